The fourth-order valence-electron chi connectivity index (χ4n) is 4.09. The van der Waals surface area contributed by atoms with Crippen molar-refractivity contribution in [2.75, 3.05) is 26.0 Å². The maximum atomic E-state index is 12.7. The third-order valence-electron chi connectivity index (χ3n) is 5.87. The second-order valence-corrected chi connectivity index (χ2v) is 9.49. The summed E-state index contributed by atoms with van der Waals surface area (Å²) in [6.07, 6.45) is 4.04. The number of ether oxygens (including phenoxy) is 1. The molecule has 0 saturated heterocycles. The summed E-state index contributed by atoms with van der Waals surface area (Å²) in [4.78, 5) is 25.7. The molecule has 1 N–H and O–H groups in total. The Morgan fingerprint density at radius 1 is 1.35 bits per heavy atom. The van der Waals surface area contributed by atoms with E-state index in [0.717, 1.165) is 57.7 Å². The number of nitrogens with zero attached hydrogens (tertiary/aromatic N) is 5. The molecular formula is C21H22N6O2S2. The number of anilines is 2. The quantitative estimate of drug-likeness (QED) is 0.487. The van der Waals surface area contributed by atoms with Crippen molar-refractivity contribution in [1.29, 1.82) is 0 Å². The maximum Gasteiger partial charge on any atom is 0.225 e. The fraction of sp³-hybridized carbons (Fsp3) is 0.381. The number of methoxy groups -OCH3 is 1. The number of benzene rings is 1. The smallest absolute Gasteiger partial charge is 0.225 e. The Balaban J connectivity index is 1.52. The summed E-state index contributed by atoms with van der Waals surface area (Å²) >= 11 is 3.01. The second-order valence-electron chi connectivity index (χ2n) is 7.62. The molecule has 0 spiro atoms. The van der Waals surface area contributed by atoms with E-state index in [9.17, 15) is 4.79 Å². The molecule has 0 saturated carbocycles. The number of carbonyl (C=O) groups is 1. The number of nitrogens with one attached hydrogen (secondary N) is 1. The minimum absolute atomic E-state index is 0.0382. The molecular weight excluding hydrogens is 432 g/mol. The number of rotatable bonds is 5. The van der Waals surface area contributed by atoms with E-state index in [2.05, 4.69) is 24.9 Å². The molecule has 0 aliphatic heterocycles. The third kappa shape index (κ3) is 3.49. The van der Waals surface area contributed by atoms with Crippen molar-refractivity contribution in [2.45, 2.75) is 26.2 Å². The number of hydrogen-bond acceptors (Lipinski definition) is 9. The van der Waals surface area contributed by atoms with Crippen LogP contribution in [0.4, 0.5) is 11.5 Å². The minimum Gasteiger partial charge on any atom is -0.494 e. The van der Waals surface area contributed by atoms with Gasteiger partial charge in [-0.05, 0) is 49.3 Å². The molecule has 1 aliphatic rings. The van der Waals surface area contributed by atoms with Crippen molar-refractivity contribution in [3.05, 3.63) is 28.9 Å². The monoisotopic (exact) mass is 454 g/mol. The summed E-state index contributed by atoms with van der Waals surface area (Å²) in [7, 11) is 3.51. The normalized spacial score (nSPS) is 15.8. The van der Waals surface area contributed by atoms with Gasteiger partial charge in [0.15, 0.2) is 0 Å². The molecule has 0 radical (unpaired) electrons. The van der Waals surface area contributed by atoms with Gasteiger partial charge in [0.2, 0.25) is 5.91 Å². The van der Waals surface area contributed by atoms with Crippen LogP contribution in [0, 0.1) is 5.92 Å². The summed E-state index contributed by atoms with van der Waals surface area (Å²) in [6.45, 7) is 2.74. The van der Waals surface area contributed by atoms with Gasteiger partial charge in [0, 0.05) is 30.5 Å². The first kappa shape index (κ1) is 20.1. The highest BCUT2D eigenvalue weighted by Crippen LogP contribution is 2.42. The lowest BCUT2D eigenvalue weighted by atomic mass is 9.87. The van der Waals surface area contributed by atoms with Crippen molar-refractivity contribution in [1.82, 2.24) is 24.5 Å². The van der Waals surface area contributed by atoms with Gasteiger partial charge in [-0.1, -0.05) is 4.49 Å². The zero-order chi connectivity index (χ0) is 21.5. The van der Waals surface area contributed by atoms with Crippen LogP contribution in [0.1, 0.15) is 23.8 Å². The van der Waals surface area contributed by atoms with E-state index < -0.39 is 0 Å². The summed E-state index contributed by atoms with van der Waals surface area (Å²) in [6, 6.07) is 3.87. The maximum absolute atomic E-state index is 12.7. The van der Waals surface area contributed by atoms with Crippen molar-refractivity contribution >= 4 is 60.7 Å². The molecule has 31 heavy (non-hydrogen) atoms. The van der Waals surface area contributed by atoms with Crippen LogP contribution in [-0.2, 0) is 17.6 Å². The van der Waals surface area contributed by atoms with Gasteiger partial charge in [0.05, 0.1) is 22.9 Å². The molecule has 3 heterocycles. The highest BCUT2D eigenvalue weighted by molar-refractivity contribution is 7.19. The van der Waals surface area contributed by atoms with E-state index in [1.54, 1.807) is 24.8 Å². The number of carbonyl (C=O) groups excluding carboxylic acids is 1. The highest BCUT2D eigenvalue weighted by atomic mass is 32.1. The molecule has 4 aromatic rings. The number of aryl methyl sites for hydroxylation is 1. The predicted molar refractivity (Wildman–Crippen MR) is 123 cm³/mol. The number of hydrogen-bond donors (Lipinski definition) is 1. The number of fused-ring (bicyclic) bond motifs is 4. The molecule has 8 nitrogen and oxygen atoms in total. The minimum atomic E-state index is 0.0382. The highest BCUT2D eigenvalue weighted by Gasteiger charge is 2.30. The Morgan fingerprint density at radius 2 is 2.23 bits per heavy atom. The van der Waals surface area contributed by atoms with Gasteiger partial charge in [-0.15, -0.1) is 16.4 Å². The van der Waals surface area contributed by atoms with Gasteiger partial charge in [0.1, 0.15) is 28.2 Å². The first-order valence-corrected chi connectivity index (χ1v) is 11.7. The van der Waals surface area contributed by atoms with E-state index in [-0.39, 0.29) is 11.8 Å². The van der Waals surface area contributed by atoms with Crippen LogP contribution in [0.25, 0.3) is 20.4 Å². The fourth-order valence-corrected chi connectivity index (χ4v) is 5.93. The van der Waals surface area contributed by atoms with Gasteiger partial charge in [0.25, 0.3) is 0 Å². The van der Waals surface area contributed by atoms with Crippen molar-refractivity contribution in [2.24, 2.45) is 5.92 Å². The Labute approximate surface area is 187 Å². The van der Waals surface area contributed by atoms with E-state index in [4.69, 9.17) is 4.74 Å². The van der Waals surface area contributed by atoms with Crippen molar-refractivity contribution in [3.8, 4) is 5.75 Å². The van der Waals surface area contributed by atoms with Crippen LogP contribution in [0.3, 0.4) is 0 Å². The van der Waals surface area contributed by atoms with Gasteiger partial charge in [-0.25, -0.2) is 9.97 Å². The summed E-state index contributed by atoms with van der Waals surface area (Å²) in [5.74, 6) is 1.71. The van der Waals surface area contributed by atoms with Crippen LogP contribution < -0.4 is 10.1 Å². The Kier molecular flexibility index (Phi) is 5.19. The summed E-state index contributed by atoms with van der Waals surface area (Å²) in [5.41, 5.74) is 2.88. The van der Waals surface area contributed by atoms with Crippen LogP contribution in [0.2, 0.25) is 0 Å². The van der Waals surface area contributed by atoms with Crippen molar-refractivity contribution in [3.63, 3.8) is 0 Å². The van der Waals surface area contributed by atoms with Gasteiger partial charge in [-0.3, -0.25) is 4.79 Å². The van der Waals surface area contributed by atoms with E-state index in [1.807, 2.05) is 31.0 Å². The second kappa shape index (κ2) is 8.01. The Hall–Kier alpha value is -2.85. The molecule has 1 atom stereocenters. The third-order valence-corrected chi connectivity index (χ3v) is 7.72. The molecule has 3 aromatic heterocycles. The average molecular weight is 455 g/mol. The number of aromatic nitrogens is 4. The van der Waals surface area contributed by atoms with Crippen LogP contribution in [0.5, 0.6) is 5.75 Å². The van der Waals surface area contributed by atoms with Gasteiger partial charge < -0.3 is 15.0 Å². The van der Waals surface area contributed by atoms with Crippen LogP contribution in [-0.4, -0.2) is 51.1 Å². The van der Waals surface area contributed by atoms with E-state index in [1.165, 1.54) is 22.0 Å². The molecule has 1 amide bonds. The van der Waals surface area contributed by atoms with Crippen LogP contribution in [0.15, 0.2) is 18.5 Å². The van der Waals surface area contributed by atoms with Crippen molar-refractivity contribution < 1.29 is 9.53 Å². The topological polar surface area (TPSA) is 93.1 Å². The average Bonchev–Trinajstić information content (AvgIpc) is 3.40. The molecule has 10 heteroatoms. The zero-order valence-corrected chi connectivity index (χ0v) is 19.1. The Morgan fingerprint density at radius 3 is 3.03 bits per heavy atom. The lowest BCUT2D eigenvalue weighted by Crippen LogP contribution is -2.35. The first-order valence-electron chi connectivity index (χ1n) is 10.2. The van der Waals surface area contributed by atoms with E-state index >= 15 is 0 Å². The molecule has 0 bridgehead atoms. The first-order chi connectivity index (χ1) is 15.1. The Bertz CT molecular complexity index is 1280. The predicted octanol–water partition coefficient (Wildman–Crippen LogP) is 4.03. The molecule has 5 rings (SSSR count). The molecule has 1 aliphatic carbocycles. The number of thiophene rings is 1. The lowest BCUT2D eigenvalue weighted by molar-refractivity contribution is -0.134. The van der Waals surface area contributed by atoms with E-state index in [0.29, 0.717) is 5.75 Å². The largest absolute Gasteiger partial charge is 0.494 e. The summed E-state index contributed by atoms with van der Waals surface area (Å²) < 4.78 is 10.6. The number of amides is 1. The molecule has 160 valence electrons. The van der Waals surface area contributed by atoms with Gasteiger partial charge >= 0.3 is 0 Å². The molecule has 0 fully saturated rings. The zero-order valence-electron chi connectivity index (χ0n) is 17.5. The standard InChI is InChI=1S/C21H22N6O2S2/c1-4-27(2)21(28)11-5-6-12-16(7-11)30-20-18(12)19(22-10-23-20)24-13-9-17-14(25-26-31-17)8-15(13)29-3/h8-11H,4-7H2,1-3H3,(H,22,23,24)/t11-/m0/s1. The molecule has 1 aromatic carbocycles. The SMILES string of the molecule is CCN(C)C(=O)[C@H]1CCc2c(sc3ncnc(Nc4cc5snnc5cc4OC)c23)C1. The molecule has 0 unspecified atom stereocenters. The lowest BCUT2D eigenvalue weighted by Gasteiger charge is -2.26. The van der Waals surface area contributed by atoms with Crippen LogP contribution >= 0.6 is 22.9 Å². The van der Waals surface area contributed by atoms with Gasteiger partial charge in [-0.2, -0.15) is 0 Å². The summed E-state index contributed by atoms with van der Waals surface area (Å²) in [5, 5.41) is 8.62.